The Morgan fingerprint density at radius 2 is 1.82 bits per heavy atom. The maximum atomic E-state index is 13.5. The summed E-state index contributed by atoms with van der Waals surface area (Å²) in [5.74, 6) is -0.0390. The number of benzene rings is 1. The van der Waals surface area contributed by atoms with E-state index in [-0.39, 0.29) is 24.5 Å². The van der Waals surface area contributed by atoms with Crippen LogP contribution in [0.5, 0.6) is 0 Å². The molecule has 0 radical (unpaired) electrons. The molecular formula is C26H37N3O3S. The number of hydrogen-bond donors (Lipinski definition) is 1. The van der Waals surface area contributed by atoms with Crippen molar-refractivity contribution in [1.29, 1.82) is 0 Å². The van der Waals surface area contributed by atoms with E-state index in [1.807, 2.05) is 35.2 Å². The molecule has 2 aromatic rings. The van der Waals surface area contributed by atoms with E-state index in [4.69, 9.17) is 4.74 Å². The van der Waals surface area contributed by atoms with Crippen molar-refractivity contribution in [2.24, 2.45) is 0 Å². The Hall–Kier alpha value is -2.38. The molecule has 3 amide bonds. The van der Waals surface area contributed by atoms with Crippen LogP contribution < -0.4 is 5.32 Å². The van der Waals surface area contributed by atoms with E-state index in [0.29, 0.717) is 32.7 Å². The Morgan fingerprint density at radius 1 is 1.06 bits per heavy atom. The molecule has 1 heterocycles. The van der Waals surface area contributed by atoms with Crippen LogP contribution in [0.1, 0.15) is 54.5 Å². The summed E-state index contributed by atoms with van der Waals surface area (Å²) in [7, 11) is 1.66. The quantitative estimate of drug-likeness (QED) is 0.471. The molecule has 7 heteroatoms. The molecule has 0 saturated heterocycles. The molecule has 0 bridgehead atoms. The Labute approximate surface area is 201 Å². The van der Waals surface area contributed by atoms with Gasteiger partial charge in [-0.25, -0.2) is 4.79 Å². The van der Waals surface area contributed by atoms with Gasteiger partial charge in [-0.3, -0.25) is 4.79 Å². The fraction of sp³-hybridized carbons (Fsp3) is 0.538. The summed E-state index contributed by atoms with van der Waals surface area (Å²) in [4.78, 5) is 31.3. The Kier molecular flexibility index (Phi) is 10.2. The highest BCUT2D eigenvalue weighted by molar-refractivity contribution is 7.10. The third kappa shape index (κ3) is 8.16. The van der Waals surface area contributed by atoms with Crippen molar-refractivity contribution >= 4 is 23.3 Å². The van der Waals surface area contributed by atoms with Crippen molar-refractivity contribution in [2.45, 2.75) is 64.6 Å². The maximum Gasteiger partial charge on any atom is 0.318 e. The molecule has 0 unspecified atom stereocenters. The van der Waals surface area contributed by atoms with Crippen LogP contribution in [-0.4, -0.2) is 54.6 Å². The average Bonchev–Trinajstić information content (AvgIpc) is 3.23. The molecule has 1 aromatic heterocycles. The fourth-order valence-electron chi connectivity index (χ4n) is 4.20. The highest BCUT2D eigenvalue weighted by atomic mass is 32.1. The predicted molar refractivity (Wildman–Crippen MR) is 133 cm³/mol. The normalized spacial score (nSPS) is 14.1. The van der Waals surface area contributed by atoms with Crippen molar-refractivity contribution in [2.75, 3.05) is 26.8 Å². The van der Waals surface area contributed by atoms with Gasteiger partial charge in [-0.05, 0) is 48.8 Å². The van der Waals surface area contributed by atoms with Crippen LogP contribution in [-0.2, 0) is 22.6 Å². The van der Waals surface area contributed by atoms with E-state index in [9.17, 15) is 9.59 Å². The number of ether oxygens (including phenoxy) is 1. The number of rotatable bonds is 11. The van der Waals surface area contributed by atoms with E-state index in [2.05, 4.69) is 23.7 Å². The van der Waals surface area contributed by atoms with Gasteiger partial charge >= 0.3 is 6.03 Å². The second kappa shape index (κ2) is 13.4. The number of nitrogens with zero attached hydrogens (tertiary/aromatic N) is 2. The molecule has 180 valence electrons. The first-order valence-electron chi connectivity index (χ1n) is 12.0. The van der Waals surface area contributed by atoms with Gasteiger partial charge in [-0.1, -0.05) is 49.6 Å². The second-order valence-corrected chi connectivity index (χ2v) is 9.82. The van der Waals surface area contributed by atoms with Crippen LogP contribution in [0.15, 0.2) is 41.8 Å². The topological polar surface area (TPSA) is 61.9 Å². The molecule has 0 atom stereocenters. The lowest BCUT2D eigenvalue weighted by atomic mass is 9.96. The van der Waals surface area contributed by atoms with Gasteiger partial charge in [0.25, 0.3) is 0 Å². The molecule has 1 saturated carbocycles. The number of hydrogen-bond acceptors (Lipinski definition) is 4. The first kappa shape index (κ1) is 25.2. The van der Waals surface area contributed by atoms with Crippen LogP contribution in [0.3, 0.4) is 0 Å². The Morgan fingerprint density at radius 3 is 2.48 bits per heavy atom. The number of thiophene rings is 1. The Balaban J connectivity index is 1.70. The minimum atomic E-state index is -0.140. The number of methoxy groups -OCH3 is 1. The molecule has 33 heavy (non-hydrogen) atoms. The number of amides is 3. The molecule has 3 rings (SSSR count). The molecule has 0 spiro atoms. The highest BCUT2D eigenvalue weighted by Gasteiger charge is 2.24. The third-order valence-corrected chi connectivity index (χ3v) is 7.20. The van der Waals surface area contributed by atoms with E-state index in [1.54, 1.807) is 23.3 Å². The lowest BCUT2D eigenvalue weighted by Gasteiger charge is -2.30. The summed E-state index contributed by atoms with van der Waals surface area (Å²) in [6.07, 6.45) is 6.27. The van der Waals surface area contributed by atoms with Gasteiger partial charge < -0.3 is 19.9 Å². The molecule has 1 aromatic carbocycles. The largest absolute Gasteiger partial charge is 0.385 e. The summed E-state index contributed by atoms with van der Waals surface area (Å²) in [6, 6.07) is 12.2. The minimum Gasteiger partial charge on any atom is -0.385 e. The molecule has 1 N–H and O–H groups in total. The number of carbonyl (C=O) groups excluding carboxylic acids is 2. The van der Waals surface area contributed by atoms with E-state index in [0.717, 1.165) is 31.2 Å². The van der Waals surface area contributed by atoms with Crippen molar-refractivity contribution in [3.8, 4) is 0 Å². The maximum absolute atomic E-state index is 13.5. The molecular weight excluding hydrogens is 434 g/mol. The molecule has 6 nitrogen and oxygen atoms in total. The summed E-state index contributed by atoms with van der Waals surface area (Å²) < 4.78 is 5.18. The molecule has 0 aliphatic heterocycles. The summed E-state index contributed by atoms with van der Waals surface area (Å²) in [5, 5.41) is 5.23. The lowest BCUT2D eigenvalue weighted by molar-refractivity contribution is -0.133. The van der Waals surface area contributed by atoms with Gasteiger partial charge in [0.05, 0.1) is 6.54 Å². The van der Waals surface area contributed by atoms with Gasteiger partial charge in [0.15, 0.2) is 0 Å². The van der Waals surface area contributed by atoms with Crippen LogP contribution in [0.2, 0.25) is 0 Å². The van der Waals surface area contributed by atoms with Gasteiger partial charge in [0.1, 0.15) is 6.54 Å². The summed E-state index contributed by atoms with van der Waals surface area (Å²) in [6.45, 7) is 4.27. The van der Waals surface area contributed by atoms with Crippen molar-refractivity contribution < 1.29 is 14.3 Å². The fourth-order valence-corrected chi connectivity index (χ4v) is 5.12. The van der Waals surface area contributed by atoms with Gasteiger partial charge in [-0.2, -0.15) is 0 Å². The Bertz CT molecular complexity index is 865. The van der Waals surface area contributed by atoms with E-state index >= 15 is 0 Å². The van der Waals surface area contributed by atoms with Crippen molar-refractivity contribution in [1.82, 2.24) is 15.1 Å². The van der Waals surface area contributed by atoms with Crippen LogP contribution in [0.25, 0.3) is 0 Å². The smallest absolute Gasteiger partial charge is 0.318 e. The monoisotopic (exact) mass is 471 g/mol. The van der Waals surface area contributed by atoms with Gasteiger partial charge in [0, 0.05) is 37.7 Å². The van der Waals surface area contributed by atoms with E-state index < -0.39 is 0 Å². The third-order valence-electron chi connectivity index (χ3n) is 6.19. The first-order valence-corrected chi connectivity index (χ1v) is 12.8. The average molecular weight is 472 g/mol. The summed E-state index contributed by atoms with van der Waals surface area (Å²) in [5.41, 5.74) is 2.27. The SMILES string of the molecule is COCCCN(CC(=O)N(Cc1ccccc1)Cc1sccc1C)C(=O)NC1CCCCC1. The number of urea groups is 1. The summed E-state index contributed by atoms with van der Waals surface area (Å²) >= 11 is 1.67. The van der Waals surface area contributed by atoms with Crippen LogP contribution in [0.4, 0.5) is 4.79 Å². The van der Waals surface area contributed by atoms with Gasteiger partial charge in [0.2, 0.25) is 5.91 Å². The lowest BCUT2D eigenvalue weighted by Crippen LogP contribution is -2.49. The minimum absolute atomic E-state index is 0.0390. The number of nitrogens with one attached hydrogen (secondary N) is 1. The van der Waals surface area contributed by atoms with Crippen molar-refractivity contribution in [3.63, 3.8) is 0 Å². The van der Waals surface area contributed by atoms with Gasteiger partial charge in [-0.15, -0.1) is 11.3 Å². The highest BCUT2D eigenvalue weighted by Crippen LogP contribution is 2.20. The van der Waals surface area contributed by atoms with Crippen LogP contribution in [0, 0.1) is 6.92 Å². The molecule has 1 aliphatic rings. The first-order chi connectivity index (χ1) is 16.1. The standard InChI is InChI=1S/C26H37N3O3S/c1-21-14-17-33-24(21)19-29(18-22-10-5-3-6-11-22)25(30)20-28(15-9-16-32-2)26(31)27-23-12-7-4-8-13-23/h3,5-6,10-11,14,17,23H,4,7-9,12-13,15-16,18-20H2,1-2H3,(H,27,31). The molecule has 1 aliphatic carbocycles. The van der Waals surface area contributed by atoms with Crippen molar-refractivity contribution in [3.05, 3.63) is 57.8 Å². The molecule has 1 fully saturated rings. The predicted octanol–water partition coefficient (Wildman–Crippen LogP) is 4.97. The number of carbonyl (C=O) groups is 2. The zero-order valence-corrected chi connectivity index (χ0v) is 20.7. The second-order valence-electron chi connectivity index (χ2n) is 8.81. The zero-order valence-electron chi connectivity index (χ0n) is 19.9. The zero-order chi connectivity index (χ0) is 23.5. The van der Waals surface area contributed by atoms with Crippen LogP contribution >= 0.6 is 11.3 Å². The van der Waals surface area contributed by atoms with E-state index in [1.165, 1.54) is 16.9 Å². The number of aryl methyl sites for hydroxylation is 1.